The lowest BCUT2D eigenvalue weighted by Gasteiger charge is -2.27. The number of aliphatic hydroxyl groups is 1. The zero-order valence-electron chi connectivity index (χ0n) is 18.9. The number of esters is 2. The van der Waals surface area contributed by atoms with Crippen LogP contribution >= 0.6 is 0 Å². The number of methoxy groups -OCH3 is 1. The van der Waals surface area contributed by atoms with Crippen molar-refractivity contribution < 1.29 is 38.4 Å². The number of ether oxygens (including phenoxy) is 4. The number of rotatable bonds is 15. The predicted molar refractivity (Wildman–Crippen MR) is 107 cm³/mol. The second kappa shape index (κ2) is 13.7. The highest BCUT2D eigenvalue weighted by Gasteiger charge is 2.31. The molecule has 8 heteroatoms. The number of ketones is 1. The highest BCUT2D eigenvalue weighted by molar-refractivity contribution is 5.84. The van der Waals surface area contributed by atoms with Gasteiger partial charge in [0.1, 0.15) is 6.61 Å². The third-order valence-electron chi connectivity index (χ3n) is 4.78. The molecular weight excluding hydrogens is 380 g/mol. The van der Waals surface area contributed by atoms with Gasteiger partial charge in [-0.1, -0.05) is 6.92 Å². The van der Waals surface area contributed by atoms with Crippen LogP contribution in [0.1, 0.15) is 60.8 Å². The van der Waals surface area contributed by atoms with Gasteiger partial charge in [-0.3, -0.25) is 9.59 Å². The summed E-state index contributed by atoms with van der Waals surface area (Å²) in [5, 5.41) is 8.78. The van der Waals surface area contributed by atoms with E-state index in [1.54, 1.807) is 14.0 Å². The summed E-state index contributed by atoms with van der Waals surface area (Å²) in [5.74, 6) is -0.892. The predicted octanol–water partition coefficient (Wildman–Crippen LogP) is 2.30. The van der Waals surface area contributed by atoms with Crippen LogP contribution in [0.4, 0.5) is 0 Å². The third kappa shape index (κ3) is 11.3. The first-order chi connectivity index (χ1) is 13.4. The van der Waals surface area contributed by atoms with Gasteiger partial charge in [0.15, 0.2) is 18.0 Å². The first-order valence-corrected chi connectivity index (χ1v) is 10.1. The maximum Gasteiger partial charge on any atom is 0.335 e. The van der Waals surface area contributed by atoms with Crippen molar-refractivity contribution in [1.29, 1.82) is 0 Å². The normalized spacial score (nSPS) is 15.9. The zero-order chi connectivity index (χ0) is 22.6. The summed E-state index contributed by atoms with van der Waals surface area (Å²) in [6, 6.07) is 0. The lowest BCUT2D eigenvalue weighted by atomic mass is 9.81. The standard InChI is InChI=1S/C21H38O8/c1-14(12-21(5,6)20(25)27-11-10-22)8-9-18(26-7)13-28-17(4)19(24)29-16(3)15(2)23/h14,16-18,22H,8-13H2,1-7H3. The van der Waals surface area contributed by atoms with E-state index >= 15 is 0 Å². The van der Waals surface area contributed by atoms with Gasteiger partial charge in [0.25, 0.3) is 0 Å². The molecule has 29 heavy (non-hydrogen) atoms. The molecule has 0 rings (SSSR count). The first-order valence-electron chi connectivity index (χ1n) is 10.1. The van der Waals surface area contributed by atoms with E-state index in [0.29, 0.717) is 12.8 Å². The highest BCUT2D eigenvalue weighted by atomic mass is 16.6. The molecule has 0 heterocycles. The van der Waals surface area contributed by atoms with E-state index in [1.807, 2.05) is 13.8 Å². The average Bonchev–Trinajstić information content (AvgIpc) is 2.65. The maximum absolute atomic E-state index is 12.1. The maximum atomic E-state index is 12.1. The number of hydrogen-bond donors (Lipinski definition) is 1. The molecule has 0 fully saturated rings. The average molecular weight is 419 g/mol. The van der Waals surface area contributed by atoms with E-state index in [-0.39, 0.29) is 43.6 Å². The van der Waals surface area contributed by atoms with E-state index in [1.165, 1.54) is 13.8 Å². The van der Waals surface area contributed by atoms with Crippen LogP contribution < -0.4 is 0 Å². The molecule has 0 spiro atoms. The lowest BCUT2D eigenvalue weighted by Crippen LogP contribution is -2.32. The number of Topliss-reactive ketones (excluding diaryl/α,β-unsaturated/α-hetero) is 1. The van der Waals surface area contributed by atoms with Crippen LogP contribution in [0.2, 0.25) is 0 Å². The molecule has 170 valence electrons. The van der Waals surface area contributed by atoms with Crippen molar-refractivity contribution in [1.82, 2.24) is 0 Å². The minimum Gasteiger partial charge on any atom is -0.463 e. The van der Waals surface area contributed by atoms with Gasteiger partial charge in [0.05, 0.1) is 24.7 Å². The van der Waals surface area contributed by atoms with Crippen LogP contribution in [-0.4, -0.2) is 68.1 Å². The van der Waals surface area contributed by atoms with Gasteiger partial charge in [-0.05, 0) is 59.8 Å². The topological polar surface area (TPSA) is 108 Å². The fraction of sp³-hybridized carbons (Fsp3) is 0.857. The van der Waals surface area contributed by atoms with E-state index in [4.69, 9.17) is 24.1 Å². The minimum atomic E-state index is -0.799. The van der Waals surface area contributed by atoms with E-state index in [0.717, 1.165) is 6.42 Å². The summed E-state index contributed by atoms with van der Waals surface area (Å²) in [5.41, 5.74) is -0.640. The molecule has 0 aromatic heterocycles. The lowest BCUT2D eigenvalue weighted by molar-refractivity contribution is -0.165. The SMILES string of the molecule is COC(CCC(C)CC(C)(C)C(=O)OCCO)COC(C)C(=O)OC(C)C(C)=O. The fourth-order valence-electron chi connectivity index (χ4n) is 2.80. The quantitative estimate of drug-likeness (QED) is 0.404. The van der Waals surface area contributed by atoms with Crippen LogP contribution in [-0.2, 0) is 33.3 Å². The molecule has 1 N–H and O–H groups in total. The van der Waals surface area contributed by atoms with Crippen LogP contribution in [0.3, 0.4) is 0 Å². The van der Waals surface area contributed by atoms with Gasteiger partial charge in [0, 0.05) is 7.11 Å². The van der Waals surface area contributed by atoms with Crippen LogP contribution in [0, 0.1) is 11.3 Å². The van der Waals surface area contributed by atoms with Crippen LogP contribution in [0.25, 0.3) is 0 Å². The van der Waals surface area contributed by atoms with Crippen LogP contribution in [0.15, 0.2) is 0 Å². The number of aliphatic hydroxyl groups excluding tert-OH is 1. The number of carbonyl (C=O) groups is 3. The number of hydrogen-bond acceptors (Lipinski definition) is 8. The van der Waals surface area contributed by atoms with Crippen molar-refractivity contribution in [2.24, 2.45) is 11.3 Å². The highest BCUT2D eigenvalue weighted by Crippen LogP contribution is 2.29. The molecule has 0 aromatic carbocycles. The Morgan fingerprint density at radius 1 is 1.03 bits per heavy atom. The van der Waals surface area contributed by atoms with Crippen molar-refractivity contribution in [3.63, 3.8) is 0 Å². The van der Waals surface area contributed by atoms with Gasteiger partial charge < -0.3 is 24.1 Å². The Bertz CT molecular complexity index is 517. The van der Waals surface area contributed by atoms with Gasteiger partial charge in [-0.2, -0.15) is 0 Å². The van der Waals surface area contributed by atoms with E-state index < -0.39 is 23.6 Å². The minimum absolute atomic E-state index is 0.00550. The largest absolute Gasteiger partial charge is 0.463 e. The molecule has 0 aromatic rings. The fourth-order valence-corrected chi connectivity index (χ4v) is 2.80. The summed E-state index contributed by atoms with van der Waals surface area (Å²) in [7, 11) is 1.58. The van der Waals surface area contributed by atoms with Gasteiger partial charge in [-0.25, -0.2) is 4.79 Å². The summed E-state index contributed by atoms with van der Waals surface area (Å²) in [6.07, 6.45) is 0.346. The Morgan fingerprint density at radius 2 is 1.66 bits per heavy atom. The van der Waals surface area contributed by atoms with Crippen LogP contribution in [0.5, 0.6) is 0 Å². The first kappa shape index (κ1) is 27.5. The molecule has 0 radical (unpaired) electrons. The molecule has 0 saturated carbocycles. The molecular formula is C21H38O8. The summed E-state index contributed by atoms with van der Waals surface area (Å²) < 4.78 is 21.0. The van der Waals surface area contributed by atoms with Gasteiger partial charge in [-0.15, -0.1) is 0 Å². The van der Waals surface area contributed by atoms with Crippen molar-refractivity contribution in [2.75, 3.05) is 26.9 Å². The Labute approximate surface area is 174 Å². The molecule has 0 saturated heterocycles. The number of carbonyl (C=O) groups excluding carboxylic acids is 3. The van der Waals surface area contributed by atoms with E-state index in [9.17, 15) is 14.4 Å². The molecule has 4 atom stereocenters. The molecule has 8 nitrogen and oxygen atoms in total. The van der Waals surface area contributed by atoms with Gasteiger partial charge in [0.2, 0.25) is 0 Å². The molecule has 4 unspecified atom stereocenters. The smallest absolute Gasteiger partial charge is 0.335 e. The Morgan fingerprint density at radius 3 is 2.17 bits per heavy atom. The van der Waals surface area contributed by atoms with Crippen molar-refractivity contribution in [3.05, 3.63) is 0 Å². The van der Waals surface area contributed by atoms with Crippen molar-refractivity contribution in [3.8, 4) is 0 Å². The summed E-state index contributed by atoms with van der Waals surface area (Å²) in [6.45, 7) is 10.2. The Kier molecular flexibility index (Phi) is 13.0. The molecule has 0 aliphatic heterocycles. The summed E-state index contributed by atoms with van der Waals surface area (Å²) in [4.78, 5) is 35.2. The molecule has 0 aliphatic rings. The Balaban J connectivity index is 4.39. The molecule has 0 bridgehead atoms. The zero-order valence-corrected chi connectivity index (χ0v) is 18.9. The van der Waals surface area contributed by atoms with Gasteiger partial charge >= 0.3 is 11.9 Å². The third-order valence-corrected chi connectivity index (χ3v) is 4.78. The summed E-state index contributed by atoms with van der Waals surface area (Å²) >= 11 is 0. The molecule has 0 aliphatic carbocycles. The Hall–Kier alpha value is -1.51. The molecule has 0 amide bonds. The van der Waals surface area contributed by atoms with Crippen molar-refractivity contribution in [2.45, 2.75) is 79.1 Å². The van der Waals surface area contributed by atoms with E-state index in [2.05, 4.69) is 6.92 Å². The second-order valence-electron chi connectivity index (χ2n) is 8.15. The monoisotopic (exact) mass is 418 g/mol. The second-order valence-corrected chi connectivity index (χ2v) is 8.15. The van der Waals surface area contributed by atoms with Crippen molar-refractivity contribution >= 4 is 17.7 Å².